The van der Waals surface area contributed by atoms with Crippen LogP contribution >= 0.6 is 15.9 Å². The summed E-state index contributed by atoms with van der Waals surface area (Å²) in [6.45, 7) is 1.72. The van der Waals surface area contributed by atoms with E-state index in [2.05, 4.69) is 15.9 Å². The number of aliphatic hydroxyl groups excluding tert-OH is 1. The third-order valence-corrected chi connectivity index (χ3v) is 5.44. The molecule has 1 fully saturated rings. The number of hydrogen-bond donors (Lipinski definition) is 1. The van der Waals surface area contributed by atoms with Gasteiger partial charge in [-0.25, -0.2) is 0 Å². The predicted octanol–water partition coefficient (Wildman–Crippen LogP) is 4.89. The van der Waals surface area contributed by atoms with Crippen molar-refractivity contribution in [3.63, 3.8) is 0 Å². The van der Waals surface area contributed by atoms with Gasteiger partial charge in [0.15, 0.2) is 0 Å². The lowest BCUT2D eigenvalue weighted by molar-refractivity contribution is -0.384. The van der Waals surface area contributed by atoms with Crippen molar-refractivity contribution in [3.05, 3.63) is 97.9 Å². The summed E-state index contributed by atoms with van der Waals surface area (Å²) >= 11 is 3.34. The van der Waals surface area contributed by atoms with Gasteiger partial charge in [0, 0.05) is 27.9 Å². The van der Waals surface area contributed by atoms with Gasteiger partial charge < -0.3 is 9.52 Å². The first-order valence-corrected chi connectivity index (χ1v) is 9.95. The van der Waals surface area contributed by atoms with Crippen LogP contribution in [0.2, 0.25) is 0 Å². The molecule has 0 bridgehead atoms. The van der Waals surface area contributed by atoms with Gasteiger partial charge in [-0.05, 0) is 43.3 Å². The van der Waals surface area contributed by atoms with Crippen molar-refractivity contribution in [1.29, 1.82) is 0 Å². The first-order valence-electron chi connectivity index (χ1n) is 9.15. The Labute approximate surface area is 184 Å². The van der Waals surface area contributed by atoms with Crippen LogP contribution in [0.3, 0.4) is 0 Å². The molecule has 0 radical (unpaired) electrons. The van der Waals surface area contributed by atoms with E-state index in [1.165, 1.54) is 23.1 Å². The van der Waals surface area contributed by atoms with Crippen LogP contribution in [0.4, 0.5) is 11.4 Å². The second-order valence-corrected chi connectivity index (χ2v) is 7.82. The Morgan fingerprint density at radius 2 is 1.84 bits per heavy atom. The average Bonchev–Trinajstić information content (AvgIpc) is 3.29. The number of nitro benzene ring substituents is 1. The number of aryl methyl sites for hydroxylation is 1. The van der Waals surface area contributed by atoms with E-state index in [0.717, 1.165) is 10.5 Å². The van der Waals surface area contributed by atoms with Crippen LogP contribution in [-0.4, -0.2) is 21.7 Å². The van der Waals surface area contributed by atoms with E-state index in [0.29, 0.717) is 11.4 Å². The van der Waals surface area contributed by atoms with Crippen LogP contribution < -0.4 is 4.90 Å². The molecular weight excluding hydrogens is 468 g/mol. The molecule has 1 atom stereocenters. The quantitative estimate of drug-likeness (QED) is 0.186. The Morgan fingerprint density at radius 1 is 1.13 bits per heavy atom. The largest absolute Gasteiger partial charge is 0.507 e. The highest BCUT2D eigenvalue weighted by molar-refractivity contribution is 9.10. The summed E-state index contributed by atoms with van der Waals surface area (Å²) in [4.78, 5) is 37.7. The molecule has 31 heavy (non-hydrogen) atoms. The van der Waals surface area contributed by atoms with E-state index >= 15 is 0 Å². The van der Waals surface area contributed by atoms with Gasteiger partial charge in [0.25, 0.3) is 17.4 Å². The van der Waals surface area contributed by atoms with Gasteiger partial charge in [-0.1, -0.05) is 28.1 Å². The zero-order chi connectivity index (χ0) is 22.3. The second-order valence-electron chi connectivity index (χ2n) is 6.90. The summed E-state index contributed by atoms with van der Waals surface area (Å²) in [5, 5.41) is 22.1. The van der Waals surface area contributed by atoms with Crippen LogP contribution in [0.15, 0.2) is 75.1 Å². The minimum Gasteiger partial charge on any atom is -0.507 e. The number of halogens is 1. The van der Waals surface area contributed by atoms with Gasteiger partial charge in [-0.3, -0.25) is 24.6 Å². The third-order valence-electron chi connectivity index (χ3n) is 4.91. The van der Waals surface area contributed by atoms with Crippen molar-refractivity contribution in [2.75, 3.05) is 4.90 Å². The van der Waals surface area contributed by atoms with Gasteiger partial charge in [-0.15, -0.1) is 0 Å². The van der Waals surface area contributed by atoms with Crippen LogP contribution in [0.1, 0.15) is 23.1 Å². The van der Waals surface area contributed by atoms with Gasteiger partial charge >= 0.3 is 0 Å². The Hall–Kier alpha value is -3.72. The number of carbonyl (C=O) groups is 2. The first-order chi connectivity index (χ1) is 14.8. The summed E-state index contributed by atoms with van der Waals surface area (Å²) < 4.78 is 6.50. The van der Waals surface area contributed by atoms with Crippen molar-refractivity contribution in [1.82, 2.24) is 0 Å². The fraction of sp³-hybridized carbons (Fsp3) is 0.0909. The molecule has 1 saturated heterocycles. The fourth-order valence-electron chi connectivity index (χ4n) is 3.49. The molecule has 1 N–H and O–H groups in total. The van der Waals surface area contributed by atoms with Crippen molar-refractivity contribution in [3.8, 4) is 0 Å². The Kier molecular flexibility index (Phi) is 5.20. The highest BCUT2D eigenvalue weighted by Crippen LogP contribution is 2.43. The van der Waals surface area contributed by atoms with Crippen LogP contribution in [0, 0.1) is 17.0 Å². The fourth-order valence-corrected chi connectivity index (χ4v) is 3.76. The van der Waals surface area contributed by atoms with E-state index in [-0.39, 0.29) is 22.6 Å². The first kappa shape index (κ1) is 20.5. The summed E-state index contributed by atoms with van der Waals surface area (Å²) in [6, 6.07) is 14.3. The number of Topliss-reactive ketones (excluding diaryl/α,β-unsaturated/α-hetero) is 1. The van der Waals surface area contributed by atoms with E-state index in [9.17, 15) is 24.8 Å². The normalized spacial score (nSPS) is 17.9. The van der Waals surface area contributed by atoms with E-state index in [1.54, 1.807) is 43.3 Å². The number of benzene rings is 2. The lowest BCUT2D eigenvalue weighted by Crippen LogP contribution is -2.29. The summed E-state index contributed by atoms with van der Waals surface area (Å²) in [5.41, 5.74) is 0.0260. The van der Waals surface area contributed by atoms with Crippen molar-refractivity contribution < 1.29 is 24.0 Å². The third kappa shape index (κ3) is 3.64. The molecule has 1 aromatic heterocycles. The van der Waals surface area contributed by atoms with Gasteiger partial charge in [0.2, 0.25) is 0 Å². The molecule has 1 aliphatic rings. The molecule has 2 heterocycles. The standard InChI is InChI=1S/C22H15BrN2O6/c1-12-5-10-17(31-12)19-18(20(26)13-3-2-4-16(11-13)25(29)30)21(27)22(28)24(19)15-8-6-14(23)7-9-15/h2-11,19,26H,1H3/b20-18-. The number of carbonyl (C=O) groups excluding carboxylic acids is 2. The molecule has 1 aliphatic heterocycles. The summed E-state index contributed by atoms with van der Waals surface area (Å²) in [6.07, 6.45) is 0. The number of rotatable bonds is 4. The molecule has 9 heteroatoms. The number of furan rings is 1. The molecular formula is C22H15BrN2O6. The molecule has 2 aromatic carbocycles. The maximum Gasteiger partial charge on any atom is 0.300 e. The second kappa shape index (κ2) is 7.84. The van der Waals surface area contributed by atoms with Gasteiger partial charge in [0.05, 0.1) is 10.5 Å². The van der Waals surface area contributed by atoms with Crippen molar-refractivity contribution in [2.24, 2.45) is 0 Å². The zero-order valence-electron chi connectivity index (χ0n) is 16.1. The number of amides is 1. The minimum absolute atomic E-state index is 0.0521. The topological polar surface area (TPSA) is 114 Å². The number of non-ortho nitro benzene ring substituents is 1. The SMILES string of the molecule is Cc1ccc(C2/C(=C(/O)c3cccc([N+](=O)[O-])c3)C(=O)C(=O)N2c2ccc(Br)cc2)o1. The predicted molar refractivity (Wildman–Crippen MR) is 115 cm³/mol. The van der Waals surface area contributed by atoms with Crippen molar-refractivity contribution in [2.45, 2.75) is 13.0 Å². The molecule has 156 valence electrons. The summed E-state index contributed by atoms with van der Waals surface area (Å²) in [5.74, 6) is -1.42. The maximum atomic E-state index is 13.0. The molecule has 0 saturated carbocycles. The minimum atomic E-state index is -1.03. The maximum absolute atomic E-state index is 13.0. The summed E-state index contributed by atoms with van der Waals surface area (Å²) in [7, 11) is 0. The number of nitro groups is 1. The highest BCUT2D eigenvalue weighted by atomic mass is 79.9. The number of ketones is 1. The van der Waals surface area contributed by atoms with Gasteiger partial charge in [-0.2, -0.15) is 0 Å². The molecule has 1 amide bonds. The molecule has 3 aromatic rings. The van der Waals surface area contributed by atoms with Crippen LogP contribution in [0.5, 0.6) is 0 Å². The lowest BCUT2D eigenvalue weighted by atomic mass is 9.99. The monoisotopic (exact) mass is 482 g/mol. The van der Waals surface area contributed by atoms with Crippen LogP contribution in [-0.2, 0) is 9.59 Å². The van der Waals surface area contributed by atoms with Crippen LogP contribution in [0.25, 0.3) is 5.76 Å². The lowest BCUT2D eigenvalue weighted by Gasteiger charge is -2.23. The number of aliphatic hydroxyl groups is 1. The number of hydrogen-bond acceptors (Lipinski definition) is 6. The van der Waals surface area contributed by atoms with E-state index in [1.807, 2.05) is 0 Å². The molecule has 0 spiro atoms. The average molecular weight is 483 g/mol. The molecule has 0 aliphatic carbocycles. The Balaban J connectivity index is 1.93. The smallest absolute Gasteiger partial charge is 0.300 e. The highest BCUT2D eigenvalue weighted by Gasteiger charge is 2.48. The Bertz CT molecular complexity index is 1240. The molecule has 1 unspecified atom stereocenters. The van der Waals surface area contributed by atoms with E-state index < -0.39 is 28.4 Å². The van der Waals surface area contributed by atoms with Crippen molar-refractivity contribution >= 4 is 44.8 Å². The number of anilines is 1. The number of nitrogens with zero attached hydrogens (tertiary/aromatic N) is 2. The molecule has 8 nitrogen and oxygen atoms in total. The molecule has 4 rings (SSSR count). The Morgan fingerprint density at radius 3 is 2.45 bits per heavy atom. The zero-order valence-corrected chi connectivity index (χ0v) is 17.7. The van der Waals surface area contributed by atoms with E-state index in [4.69, 9.17) is 4.42 Å². The van der Waals surface area contributed by atoms with Gasteiger partial charge in [0.1, 0.15) is 23.3 Å².